The molecule has 1 aromatic rings. The zero-order valence-corrected chi connectivity index (χ0v) is 13.4. The van der Waals surface area contributed by atoms with Crippen molar-refractivity contribution in [2.75, 3.05) is 0 Å². The second-order valence-electron chi connectivity index (χ2n) is 5.74. The van der Waals surface area contributed by atoms with Crippen LogP contribution in [0.3, 0.4) is 0 Å². The molecule has 2 atom stereocenters. The van der Waals surface area contributed by atoms with Crippen LogP contribution in [-0.2, 0) is 11.0 Å². The zero-order valence-electron chi connectivity index (χ0n) is 13.4. The minimum absolute atomic E-state index is 0.0642. The number of benzene rings is 1. The lowest BCUT2D eigenvalue weighted by atomic mass is 9.90. The van der Waals surface area contributed by atoms with E-state index in [1.54, 1.807) is 20.8 Å². The second kappa shape index (κ2) is 6.90. The van der Waals surface area contributed by atoms with Gasteiger partial charge in [0, 0.05) is 0 Å². The number of carbonyl (C=O) groups excluding carboxylic acids is 1. The fourth-order valence-electron chi connectivity index (χ4n) is 1.66. The number of alkyl halides is 3. The van der Waals surface area contributed by atoms with Crippen LogP contribution in [0.15, 0.2) is 24.3 Å². The summed E-state index contributed by atoms with van der Waals surface area (Å²) in [7, 11) is 0. The Hall–Kier alpha value is -2.23. The number of nitrogens with zero attached hydrogens (tertiary/aromatic N) is 1. The molecular formula is C16H19F3N2O2. The smallest absolute Gasteiger partial charge is 0.416 e. The first-order valence-electron chi connectivity index (χ1n) is 7.07. The van der Waals surface area contributed by atoms with Crippen molar-refractivity contribution in [2.24, 2.45) is 5.92 Å². The Morgan fingerprint density at radius 3 is 2.39 bits per heavy atom. The molecule has 7 heteroatoms. The van der Waals surface area contributed by atoms with Crippen LogP contribution >= 0.6 is 0 Å². The molecule has 0 fully saturated rings. The first kappa shape index (κ1) is 18.8. The third-order valence-electron chi connectivity index (χ3n) is 3.61. The quantitative estimate of drug-likeness (QED) is 0.899. The largest absolute Gasteiger partial charge is 0.481 e. The van der Waals surface area contributed by atoms with Crippen molar-refractivity contribution in [2.45, 2.75) is 45.5 Å². The summed E-state index contributed by atoms with van der Waals surface area (Å²) in [6.07, 6.45) is -5.52. The Balaban J connectivity index is 2.82. The SMILES string of the molecule is CC(C)[C@@](C)(C#N)NC(=O)[C@H](C)Oc1cccc(C(F)(F)F)c1. The molecule has 1 aromatic carbocycles. The molecule has 1 N–H and O–H groups in total. The van der Waals surface area contributed by atoms with Crippen molar-refractivity contribution in [1.29, 1.82) is 5.26 Å². The van der Waals surface area contributed by atoms with E-state index < -0.39 is 29.3 Å². The number of amides is 1. The summed E-state index contributed by atoms with van der Waals surface area (Å²) in [5.74, 6) is -0.775. The molecule has 0 spiro atoms. The zero-order chi connectivity index (χ0) is 17.8. The first-order chi connectivity index (χ1) is 10.5. The van der Waals surface area contributed by atoms with Crippen LogP contribution in [0, 0.1) is 17.2 Å². The van der Waals surface area contributed by atoms with Gasteiger partial charge in [0.25, 0.3) is 5.91 Å². The number of nitriles is 1. The van der Waals surface area contributed by atoms with Crippen LogP contribution in [-0.4, -0.2) is 17.6 Å². The van der Waals surface area contributed by atoms with Gasteiger partial charge in [-0.3, -0.25) is 4.79 Å². The predicted molar refractivity (Wildman–Crippen MR) is 78.5 cm³/mol. The van der Waals surface area contributed by atoms with Crippen molar-refractivity contribution in [3.8, 4) is 11.8 Å². The lowest BCUT2D eigenvalue weighted by Gasteiger charge is -2.28. The highest BCUT2D eigenvalue weighted by molar-refractivity contribution is 5.81. The van der Waals surface area contributed by atoms with Crippen molar-refractivity contribution in [1.82, 2.24) is 5.32 Å². The van der Waals surface area contributed by atoms with Gasteiger partial charge in [-0.05, 0) is 38.0 Å². The van der Waals surface area contributed by atoms with Gasteiger partial charge in [-0.15, -0.1) is 0 Å². The third-order valence-corrected chi connectivity index (χ3v) is 3.61. The van der Waals surface area contributed by atoms with Crippen LogP contribution in [0.25, 0.3) is 0 Å². The lowest BCUT2D eigenvalue weighted by molar-refractivity contribution is -0.137. The average molecular weight is 328 g/mol. The molecule has 4 nitrogen and oxygen atoms in total. The van der Waals surface area contributed by atoms with Gasteiger partial charge >= 0.3 is 6.18 Å². The number of nitrogens with one attached hydrogen (secondary N) is 1. The van der Waals surface area contributed by atoms with Crippen LogP contribution in [0.2, 0.25) is 0 Å². The third kappa shape index (κ3) is 4.88. The summed E-state index contributed by atoms with van der Waals surface area (Å²) in [6, 6.07) is 6.31. The molecule has 0 saturated carbocycles. The molecule has 126 valence electrons. The van der Waals surface area contributed by atoms with E-state index in [4.69, 9.17) is 4.74 Å². The van der Waals surface area contributed by atoms with Crippen LogP contribution in [0.4, 0.5) is 13.2 Å². The maximum Gasteiger partial charge on any atom is 0.416 e. The van der Waals surface area contributed by atoms with E-state index in [2.05, 4.69) is 5.32 Å². The number of rotatable bonds is 5. The summed E-state index contributed by atoms with van der Waals surface area (Å²) in [4.78, 5) is 12.1. The molecule has 23 heavy (non-hydrogen) atoms. The molecule has 1 rings (SSSR count). The Kier molecular flexibility index (Phi) is 5.65. The molecule has 0 saturated heterocycles. The molecule has 0 bridgehead atoms. The van der Waals surface area contributed by atoms with E-state index in [-0.39, 0.29) is 11.7 Å². The summed E-state index contributed by atoms with van der Waals surface area (Å²) >= 11 is 0. The van der Waals surface area contributed by atoms with Crippen LogP contribution < -0.4 is 10.1 Å². The van der Waals surface area contributed by atoms with Crippen LogP contribution in [0.1, 0.15) is 33.3 Å². The topological polar surface area (TPSA) is 62.1 Å². The normalized spacial score (nSPS) is 15.4. The number of ether oxygens (including phenoxy) is 1. The molecule has 0 radical (unpaired) electrons. The highest BCUT2D eigenvalue weighted by Crippen LogP contribution is 2.31. The number of halogens is 3. The van der Waals surface area contributed by atoms with Crippen molar-refractivity contribution in [3.05, 3.63) is 29.8 Å². The molecular weight excluding hydrogens is 309 g/mol. The average Bonchev–Trinajstić information content (AvgIpc) is 2.46. The van der Waals surface area contributed by atoms with Gasteiger partial charge in [-0.2, -0.15) is 18.4 Å². The minimum Gasteiger partial charge on any atom is -0.481 e. The Morgan fingerprint density at radius 1 is 1.30 bits per heavy atom. The molecule has 1 amide bonds. The summed E-state index contributed by atoms with van der Waals surface area (Å²) in [5.41, 5.74) is -1.94. The summed E-state index contributed by atoms with van der Waals surface area (Å²) < 4.78 is 43.2. The monoisotopic (exact) mass is 328 g/mol. The predicted octanol–water partition coefficient (Wildman–Crippen LogP) is 3.53. The molecule has 0 aliphatic rings. The number of carbonyl (C=O) groups is 1. The Labute approximate surface area is 133 Å². The molecule has 0 aliphatic carbocycles. The van der Waals surface area contributed by atoms with Crippen molar-refractivity contribution in [3.63, 3.8) is 0 Å². The fourth-order valence-corrected chi connectivity index (χ4v) is 1.66. The number of hydrogen-bond donors (Lipinski definition) is 1. The van der Waals surface area contributed by atoms with Crippen LogP contribution in [0.5, 0.6) is 5.75 Å². The first-order valence-corrected chi connectivity index (χ1v) is 7.07. The van der Waals surface area contributed by atoms with E-state index in [1.807, 2.05) is 6.07 Å². The van der Waals surface area contributed by atoms with Crippen molar-refractivity contribution >= 4 is 5.91 Å². The lowest BCUT2D eigenvalue weighted by Crippen LogP contribution is -2.52. The van der Waals surface area contributed by atoms with E-state index >= 15 is 0 Å². The maximum absolute atomic E-state index is 12.7. The van der Waals surface area contributed by atoms with E-state index in [1.165, 1.54) is 19.1 Å². The van der Waals surface area contributed by atoms with E-state index in [0.29, 0.717) is 0 Å². The number of hydrogen-bond acceptors (Lipinski definition) is 3. The second-order valence-corrected chi connectivity index (χ2v) is 5.74. The highest BCUT2D eigenvalue weighted by atomic mass is 19.4. The van der Waals surface area contributed by atoms with Gasteiger partial charge < -0.3 is 10.1 Å². The van der Waals surface area contributed by atoms with E-state index in [0.717, 1.165) is 12.1 Å². The van der Waals surface area contributed by atoms with Gasteiger partial charge in [0.1, 0.15) is 11.3 Å². The van der Waals surface area contributed by atoms with E-state index in [9.17, 15) is 23.2 Å². The fraction of sp³-hybridized carbons (Fsp3) is 0.500. The maximum atomic E-state index is 12.7. The standard InChI is InChI=1S/C16H19F3N2O2/c1-10(2)15(4,9-20)21-14(22)11(3)23-13-7-5-6-12(8-13)16(17,18)19/h5-8,10-11H,1-4H3,(H,21,22)/t11-,15+/m0/s1. The molecule has 0 aromatic heterocycles. The molecule has 0 unspecified atom stereocenters. The molecule has 0 aliphatic heterocycles. The van der Waals surface area contributed by atoms with Gasteiger partial charge in [0.15, 0.2) is 6.10 Å². The highest BCUT2D eigenvalue weighted by Gasteiger charge is 2.33. The molecule has 0 heterocycles. The van der Waals surface area contributed by atoms with Crippen molar-refractivity contribution < 1.29 is 22.7 Å². The minimum atomic E-state index is -4.48. The van der Waals surface area contributed by atoms with Gasteiger partial charge in [-0.1, -0.05) is 19.9 Å². The Bertz CT molecular complexity index is 608. The summed E-state index contributed by atoms with van der Waals surface area (Å²) in [5, 5.41) is 11.7. The van der Waals surface area contributed by atoms with Gasteiger partial charge in [0.05, 0.1) is 11.6 Å². The van der Waals surface area contributed by atoms with Gasteiger partial charge in [-0.25, -0.2) is 0 Å². The van der Waals surface area contributed by atoms with Gasteiger partial charge in [0.2, 0.25) is 0 Å². The summed E-state index contributed by atoms with van der Waals surface area (Å²) in [6.45, 7) is 6.55. The Morgan fingerprint density at radius 2 is 1.91 bits per heavy atom.